The fourth-order valence-electron chi connectivity index (χ4n) is 3.76. The summed E-state index contributed by atoms with van der Waals surface area (Å²) in [5, 5.41) is 3.40. The van der Waals surface area contributed by atoms with Crippen LogP contribution >= 0.6 is 11.6 Å². The molecule has 1 fully saturated rings. The topological polar surface area (TPSA) is 58.6 Å². The summed E-state index contributed by atoms with van der Waals surface area (Å²) in [6.45, 7) is 1.20. The zero-order valence-electron chi connectivity index (χ0n) is 17.0. The molecule has 0 aliphatic carbocycles. The van der Waals surface area contributed by atoms with Crippen molar-refractivity contribution in [2.45, 2.75) is 12.3 Å². The van der Waals surface area contributed by atoms with Gasteiger partial charge in [0, 0.05) is 24.0 Å². The molecular weight excluding hydrogens is 412 g/mol. The molecule has 1 heterocycles. The summed E-state index contributed by atoms with van der Waals surface area (Å²) < 4.78 is 5.49. The summed E-state index contributed by atoms with van der Waals surface area (Å²) in [6, 6.07) is 24.1. The highest BCUT2D eigenvalue weighted by atomic mass is 35.5. The van der Waals surface area contributed by atoms with E-state index in [9.17, 15) is 9.59 Å². The monoisotopic (exact) mass is 434 g/mol. The van der Waals surface area contributed by atoms with E-state index in [-0.39, 0.29) is 18.4 Å². The van der Waals surface area contributed by atoms with Crippen molar-refractivity contribution < 1.29 is 14.3 Å². The third-order valence-electron chi connectivity index (χ3n) is 5.36. The maximum Gasteiger partial charge on any atom is 0.262 e. The molecule has 1 N–H and O–H groups in total. The molecule has 1 aliphatic heterocycles. The van der Waals surface area contributed by atoms with Crippen LogP contribution in [0.4, 0.5) is 5.69 Å². The lowest BCUT2D eigenvalue weighted by Gasteiger charge is -2.19. The highest BCUT2D eigenvalue weighted by Crippen LogP contribution is 2.29. The number of carbonyl (C=O) groups is 2. The van der Waals surface area contributed by atoms with E-state index in [4.69, 9.17) is 16.3 Å². The molecule has 3 aromatic carbocycles. The lowest BCUT2D eigenvalue weighted by Crippen LogP contribution is -2.30. The van der Waals surface area contributed by atoms with Gasteiger partial charge in [0.1, 0.15) is 5.75 Å². The van der Waals surface area contributed by atoms with Crippen LogP contribution in [-0.2, 0) is 4.79 Å². The molecule has 1 aliphatic rings. The van der Waals surface area contributed by atoms with E-state index in [1.54, 1.807) is 48.5 Å². The SMILES string of the molecule is O=C(COc1ccc(Cl)cc1)Nc1ccccc1C(=O)N1CCC(c2ccccc2)C1. The quantitative estimate of drug-likeness (QED) is 0.594. The van der Waals surface area contributed by atoms with Crippen molar-refractivity contribution in [1.82, 2.24) is 4.90 Å². The first-order valence-corrected chi connectivity index (χ1v) is 10.6. The van der Waals surface area contributed by atoms with Gasteiger partial charge in [-0.25, -0.2) is 0 Å². The van der Waals surface area contributed by atoms with Crippen LogP contribution in [0.15, 0.2) is 78.9 Å². The van der Waals surface area contributed by atoms with Gasteiger partial charge in [0.25, 0.3) is 11.8 Å². The minimum Gasteiger partial charge on any atom is -0.484 e. The molecule has 5 nitrogen and oxygen atoms in total. The number of anilines is 1. The Morgan fingerprint density at radius 3 is 2.45 bits per heavy atom. The number of halogens is 1. The van der Waals surface area contributed by atoms with Gasteiger partial charge >= 0.3 is 0 Å². The van der Waals surface area contributed by atoms with Crippen molar-refractivity contribution in [3.63, 3.8) is 0 Å². The first-order chi connectivity index (χ1) is 15.1. The molecule has 0 saturated carbocycles. The van der Waals surface area contributed by atoms with Gasteiger partial charge in [-0.2, -0.15) is 0 Å². The van der Waals surface area contributed by atoms with E-state index in [2.05, 4.69) is 17.4 Å². The number of para-hydroxylation sites is 1. The van der Waals surface area contributed by atoms with E-state index in [1.807, 2.05) is 23.1 Å². The molecule has 158 valence electrons. The number of rotatable bonds is 6. The number of amides is 2. The molecule has 4 rings (SSSR count). The van der Waals surface area contributed by atoms with Gasteiger partial charge in [-0.3, -0.25) is 9.59 Å². The lowest BCUT2D eigenvalue weighted by molar-refractivity contribution is -0.118. The number of ether oxygens (including phenoxy) is 1. The highest BCUT2D eigenvalue weighted by molar-refractivity contribution is 6.30. The average Bonchev–Trinajstić information content (AvgIpc) is 3.30. The number of nitrogens with one attached hydrogen (secondary N) is 1. The van der Waals surface area contributed by atoms with E-state index in [0.29, 0.717) is 41.0 Å². The van der Waals surface area contributed by atoms with Gasteiger partial charge in [-0.15, -0.1) is 0 Å². The van der Waals surface area contributed by atoms with Crippen molar-refractivity contribution in [2.24, 2.45) is 0 Å². The highest BCUT2D eigenvalue weighted by Gasteiger charge is 2.29. The van der Waals surface area contributed by atoms with E-state index in [0.717, 1.165) is 6.42 Å². The lowest BCUT2D eigenvalue weighted by atomic mass is 9.99. The van der Waals surface area contributed by atoms with Crippen molar-refractivity contribution in [1.29, 1.82) is 0 Å². The molecule has 1 saturated heterocycles. The maximum atomic E-state index is 13.2. The standard InChI is InChI=1S/C25H23ClN2O3/c26-20-10-12-21(13-11-20)31-17-24(29)27-23-9-5-4-8-22(23)25(30)28-15-14-19(16-28)18-6-2-1-3-7-18/h1-13,19H,14-17H2,(H,27,29). The Labute approximate surface area is 186 Å². The molecule has 0 aromatic heterocycles. The Bertz CT molecular complexity index is 1050. The van der Waals surface area contributed by atoms with Crippen molar-refractivity contribution in [3.8, 4) is 5.75 Å². The minimum absolute atomic E-state index is 0.0760. The molecule has 3 aromatic rings. The second kappa shape index (κ2) is 9.67. The van der Waals surface area contributed by atoms with Crippen molar-refractivity contribution >= 4 is 29.1 Å². The predicted octanol–water partition coefficient (Wildman–Crippen LogP) is 4.99. The maximum absolute atomic E-state index is 13.2. The van der Waals surface area contributed by atoms with Crippen LogP contribution in [0.25, 0.3) is 0 Å². The summed E-state index contributed by atoms with van der Waals surface area (Å²) in [5.41, 5.74) is 2.22. The van der Waals surface area contributed by atoms with Crippen LogP contribution < -0.4 is 10.1 Å². The number of carbonyl (C=O) groups excluding carboxylic acids is 2. The first-order valence-electron chi connectivity index (χ1n) is 10.2. The van der Waals surface area contributed by atoms with E-state index >= 15 is 0 Å². The molecule has 0 spiro atoms. The Morgan fingerprint density at radius 2 is 1.68 bits per heavy atom. The summed E-state index contributed by atoms with van der Waals surface area (Å²) in [7, 11) is 0. The number of likely N-dealkylation sites (tertiary alicyclic amines) is 1. The Kier molecular flexibility index (Phi) is 6.53. The zero-order valence-corrected chi connectivity index (χ0v) is 17.7. The van der Waals surface area contributed by atoms with Gasteiger partial charge < -0.3 is 15.0 Å². The minimum atomic E-state index is -0.334. The molecular formula is C25H23ClN2O3. The van der Waals surface area contributed by atoms with Crippen LogP contribution in [-0.4, -0.2) is 36.4 Å². The second-order valence-corrected chi connectivity index (χ2v) is 7.92. The van der Waals surface area contributed by atoms with Crippen LogP contribution in [0.3, 0.4) is 0 Å². The Balaban J connectivity index is 1.39. The van der Waals surface area contributed by atoms with Crippen LogP contribution in [0, 0.1) is 0 Å². The number of benzene rings is 3. The molecule has 0 bridgehead atoms. The molecule has 2 amide bonds. The van der Waals surface area contributed by atoms with Gasteiger partial charge in [0.15, 0.2) is 6.61 Å². The number of hydrogen-bond donors (Lipinski definition) is 1. The van der Waals surface area contributed by atoms with E-state index in [1.165, 1.54) is 5.56 Å². The van der Waals surface area contributed by atoms with E-state index < -0.39 is 0 Å². The molecule has 6 heteroatoms. The zero-order chi connectivity index (χ0) is 21.6. The normalized spacial score (nSPS) is 15.5. The summed E-state index contributed by atoms with van der Waals surface area (Å²) in [4.78, 5) is 27.4. The largest absolute Gasteiger partial charge is 0.484 e. The van der Waals surface area contributed by atoms with Gasteiger partial charge in [-0.05, 0) is 48.4 Å². The Morgan fingerprint density at radius 1 is 0.968 bits per heavy atom. The summed E-state index contributed by atoms with van der Waals surface area (Å²) in [6.07, 6.45) is 0.930. The van der Waals surface area contributed by atoms with Crippen LogP contribution in [0.1, 0.15) is 28.3 Å². The fourth-order valence-corrected chi connectivity index (χ4v) is 3.88. The first kappa shape index (κ1) is 20.9. The van der Waals surface area contributed by atoms with Gasteiger partial charge in [0.05, 0.1) is 11.3 Å². The molecule has 0 radical (unpaired) electrons. The Hall–Kier alpha value is -3.31. The number of hydrogen-bond acceptors (Lipinski definition) is 3. The fraction of sp³-hybridized carbons (Fsp3) is 0.200. The van der Waals surface area contributed by atoms with Crippen molar-refractivity contribution in [2.75, 3.05) is 25.0 Å². The molecule has 1 unspecified atom stereocenters. The van der Waals surface area contributed by atoms with Crippen molar-refractivity contribution in [3.05, 3.63) is 95.0 Å². The average molecular weight is 435 g/mol. The molecule has 1 atom stereocenters. The predicted molar refractivity (Wildman–Crippen MR) is 122 cm³/mol. The smallest absolute Gasteiger partial charge is 0.262 e. The van der Waals surface area contributed by atoms with Gasteiger partial charge in [-0.1, -0.05) is 54.1 Å². The second-order valence-electron chi connectivity index (χ2n) is 7.48. The summed E-state index contributed by atoms with van der Waals surface area (Å²) in [5.74, 6) is 0.472. The van der Waals surface area contributed by atoms with Crippen LogP contribution in [0.2, 0.25) is 5.02 Å². The summed E-state index contributed by atoms with van der Waals surface area (Å²) >= 11 is 5.86. The third kappa shape index (κ3) is 5.25. The van der Waals surface area contributed by atoms with Gasteiger partial charge in [0.2, 0.25) is 0 Å². The van der Waals surface area contributed by atoms with Crippen LogP contribution in [0.5, 0.6) is 5.75 Å². The molecule has 31 heavy (non-hydrogen) atoms. The third-order valence-corrected chi connectivity index (χ3v) is 5.61. The number of nitrogens with zero attached hydrogens (tertiary/aromatic N) is 1.